The first kappa shape index (κ1) is 11.3. The van der Waals surface area contributed by atoms with E-state index in [0.717, 1.165) is 23.9 Å². The van der Waals surface area contributed by atoms with Gasteiger partial charge in [0.1, 0.15) is 6.26 Å². The van der Waals surface area contributed by atoms with Crippen molar-refractivity contribution in [2.45, 2.75) is 12.8 Å². The summed E-state index contributed by atoms with van der Waals surface area (Å²) in [5.74, 6) is -0.141. The lowest BCUT2D eigenvalue weighted by Gasteiger charge is -2.09. The number of rotatable bonds is 2. The minimum absolute atomic E-state index is 0.141. The van der Waals surface area contributed by atoms with Gasteiger partial charge in [0.25, 0.3) is 5.91 Å². The van der Waals surface area contributed by atoms with Gasteiger partial charge < -0.3 is 9.73 Å². The van der Waals surface area contributed by atoms with Crippen LogP contribution in [0.15, 0.2) is 53.3 Å². The van der Waals surface area contributed by atoms with Crippen molar-refractivity contribution in [1.29, 1.82) is 0 Å². The number of furan rings is 1. The fourth-order valence-corrected chi connectivity index (χ4v) is 2.94. The molecule has 20 heavy (non-hydrogen) atoms. The second kappa shape index (κ2) is 4.23. The highest BCUT2D eigenvalue weighted by Gasteiger charge is 2.17. The van der Waals surface area contributed by atoms with E-state index < -0.39 is 0 Å². The van der Waals surface area contributed by atoms with E-state index in [-0.39, 0.29) is 5.91 Å². The van der Waals surface area contributed by atoms with Crippen molar-refractivity contribution in [3.8, 4) is 0 Å². The van der Waals surface area contributed by atoms with Crippen molar-refractivity contribution in [2.75, 3.05) is 5.32 Å². The van der Waals surface area contributed by atoms with Crippen LogP contribution in [0.25, 0.3) is 10.8 Å². The molecule has 1 aliphatic rings. The van der Waals surface area contributed by atoms with Crippen LogP contribution in [0.1, 0.15) is 21.5 Å². The van der Waals surface area contributed by atoms with E-state index in [1.54, 1.807) is 6.07 Å². The van der Waals surface area contributed by atoms with E-state index in [2.05, 4.69) is 29.6 Å². The van der Waals surface area contributed by atoms with Crippen LogP contribution >= 0.6 is 0 Å². The van der Waals surface area contributed by atoms with Crippen LogP contribution in [0.3, 0.4) is 0 Å². The number of nitrogens with one attached hydrogen (secondary N) is 1. The standard InChI is InChI=1S/C17H13NO2/c19-17(13-8-9-20-10-13)18-15-7-6-12-5-4-11-2-1-3-14(15)16(11)12/h1-3,6-10H,4-5H2,(H,18,19). The maximum Gasteiger partial charge on any atom is 0.258 e. The molecule has 0 saturated carbocycles. The van der Waals surface area contributed by atoms with Crippen LogP contribution < -0.4 is 5.32 Å². The molecular formula is C17H13NO2. The quantitative estimate of drug-likeness (QED) is 0.764. The van der Waals surface area contributed by atoms with Gasteiger partial charge in [-0.2, -0.15) is 0 Å². The molecule has 1 heterocycles. The first-order valence-electron chi connectivity index (χ1n) is 6.70. The molecule has 0 atom stereocenters. The normalized spacial score (nSPS) is 12.8. The van der Waals surface area contributed by atoms with E-state index in [4.69, 9.17) is 4.42 Å². The number of aryl methyl sites for hydroxylation is 2. The van der Waals surface area contributed by atoms with Gasteiger partial charge in [-0.15, -0.1) is 0 Å². The van der Waals surface area contributed by atoms with Crippen molar-refractivity contribution in [3.63, 3.8) is 0 Å². The summed E-state index contributed by atoms with van der Waals surface area (Å²) >= 11 is 0. The summed E-state index contributed by atoms with van der Waals surface area (Å²) in [6.07, 6.45) is 5.13. The molecule has 0 aliphatic heterocycles. The Hall–Kier alpha value is -2.55. The molecule has 2 aromatic carbocycles. The van der Waals surface area contributed by atoms with Crippen LogP contribution in [-0.2, 0) is 12.8 Å². The number of carbonyl (C=O) groups excluding carboxylic acids is 1. The number of hydrogen-bond donors (Lipinski definition) is 1. The highest BCUT2D eigenvalue weighted by molar-refractivity contribution is 6.10. The Labute approximate surface area is 116 Å². The zero-order valence-corrected chi connectivity index (χ0v) is 10.8. The van der Waals surface area contributed by atoms with Gasteiger partial charge in [0.05, 0.1) is 11.8 Å². The Morgan fingerprint density at radius 2 is 1.90 bits per heavy atom. The molecule has 0 fully saturated rings. The van der Waals surface area contributed by atoms with Crippen molar-refractivity contribution in [2.24, 2.45) is 0 Å². The first-order valence-corrected chi connectivity index (χ1v) is 6.70. The molecule has 1 aromatic heterocycles. The van der Waals surface area contributed by atoms with E-state index in [9.17, 15) is 4.79 Å². The van der Waals surface area contributed by atoms with Crippen molar-refractivity contribution >= 4 is 22.4 Å². The van der Waals surface area contributed by atoms with Crippen molar-refractivity contribution < 1.29 is 9.21 Å². The summed E-state index contributed by atoms with van der Waals surface area (Å²) in [6.45, 7) is 0. The van der Waals surface area contributed by atoms with Crippen LogP contribution in [0.2, 0.25) is 0 Å². The van der Waals surface area contributed by atoms with Crippen LogP contribution in [-0.4, -0.2) is 5.91 Å². The third-order valence-electron chi connectivity index (χ3n) is 3.91. The minimum Gasteiger partial charge on any atom is -0.472 e. The molecule has 1 amide bonds. The van der Waals surface area contributed by atoms with Gasteiger partial charge in [-0.05, 0) is 41.5 Å². The average molecular weight is 263 g/mol. The van der Waals surface area contributed by atoms with Crippen molar-refractivity contribution in [1.82, 2.24) is 0 Å². The molecule has 3 aromatic rings. The van der Waals surface area contributed by atoms with Crippen molar-refractivity contribution in [3.05, 3.63) is 65.6 Å². The molecule has 3 heteroatoms. The van der Waals surface area contributed by atoms with E-state index >= 15 is 0 Å². The van der Waals surface area contributed by atoms with Crippen LogP contribution in [0.5, 0.6) is 0 Å². The molecule has 0 spiro atoms. The Balaban J connectivity index is 1.80. The molecule has 3 nitrogen and oxygen atoms in total. The molecule has 1 N–H and O–H groups in total. The predicted molar refractivity (Wildman–Crippen MR) is 78.0 cm³/mol. The Morgan fingerprint density at radius 3 is 2.70 bits per heavy atom. The van der Waals surface area contributed by atoms with Crippen LogP contribution in [0.4, 0.5) is 5.69 Å². The van der Waals surface area contributed by atoms with Crippen LogP contribution in [0, 0.1) is 0 Å². The summed E-state index contributed by atoms with van der Waals surface area (Å²) < 4.78 is 4.95. The molecule has 4 rings (SSSR count). The molecule has 98 valence electrons. The van der Waals surface area contributed by atoms with Gasteiger partial charge in [0.15, 0.2) is 0 Å². The van der Waals surface area contributed by atoms with Gasteiger partial charge in [0, 0.05) is 11.1 Å². The number of hydrogen-bond acceptors (Lipinski definition) is 2. The van der Waals surface area contributed by atoms with Gasteiger partial charge in [-0.3, -0.25) is 4.79 Å². The third-order valence-corrected chi connectivity index (χ3v) is 3.91. The molecule has 0 unspecified atom stereocenters. The van der Waals surface area contributed by atoms with Gasteiger partial charge in [-0.1, -0.05) is 24.3 Å². The molecule has 0 saturated heterocycles. The number of amides is 1. The maximum atomic E-state index is 12.1. The lowest BCUT2D eigenvalue weighted by atomic mass is 10.0. The molecular weight excluding hydrogens is 250 g/mol. The topological polar surface area (TPSA) is 42.2 Å². The van der Waals surface area contributed by atoms with Gasteiger partial charge >= 0.3 is 0 Å². The Kier molecular flexibility index (Phi) is 2.39. The number of carbonyl (C=O) groups is 1. The first-order chi connectivity index (χ1) is 9.83. The average Bonchev–Trinajstić information content (AvgIpc) is 3.12. The Morgan fingerprint density at radius 1 is 1.05 bits per heavy atom. The third kappa shape index (κ3) is 1.63. The van der Waals surface area contributed by atoms with E-state index in [1.807, 2.05) is 6.07 Å². The summed E-state index contributed by atoms with van der Waals surface area (Å²) in [4.78, 5) is 12.1. The summed E-state index contributed by atoms with van der Waals surface area (Å²) in [5.41, 5.74) is 4.14. The number of benzene rings is 2. The van der Waals surface area contributed by atoms with E-state index in [1.165, 1.54) is 29.0 Å². The fraction of sp³-hybridized carbons (Fsp3) is 0.118. The summed E-state index contributed by atoms with van der Waals surface area (Å²) in [5, 5.41) is 5.39. The van der Waals surface area contributed by atoms with Gasteiger partial charge in [0.2, 0.25) is 0 Å². The molecule has 0 bridgehead atoms. The zero-order chi connectivity index (χ0) is 13.5. The molecule has 1 aliphatic carbocycles. The lowest BCUT2D eigenvalue weighted by molar-refractivity contribution is 0.102. The zero-order valence-electron chi connectivity index (χ0n) is 10.8. The predicted octanol–water partition coefficient (Wildman–Crippen LogP) is 3.78. The molecule has 0 radical (unpaired) electrons. The fourth-order valence-electron chi connectivity index (χ4n) is 2.94. The highest BCUT2D eigenvalue weighted by atomic mass is 16.3. The second-order valence-electron chi connectivity index (χ2n) is 5.08. The minimum atomic E-state index is -0.141. The largest absolute Gasteiger partial charge is 0.472 e. The van der Waals surface area contributed by atoms with Gasteiger partial charge in [-0.25, -0.2) is 0 Å². The lowest BCUT2D eigenvalue weighted by Crippen LogP contribution is -2.11. The second-order valence-corrected chi connectivity index (χ2v) is 5.08. The summed E-state index contributed by atoms with van der Waals surface area (Å²) in [7, 11) is 0. The Bertz CT molecular complexity index is 793. The SMILES string of the molecule is O=C(Nc1ccc2c3c(cccc13)CC2)c1ccoc1. The highest BCUT2D eigenvalue weighted by Crippen LogP contribution is 2.35. The smallest absolute Gasteiger partial charge is 0.258 e. The maximum absolute atomic E-state index is 12.1. The van der Waals surface area contributed by atoms with E-state index in [0.29, 0.717) is 5.56 Å². The number of anilines is 1. The monoisotopic (exact) mass is 263 g/mol. The summed E-state index contributed by atoms with van der Waals surface area (Å²) in [6, 6.07) is 12.1.